The number of morpholine rings is 1. The zero-order chi connectivity index (χ0) is 14.2. The van der Waals surface area contributed by atoms with Crippen molar-refractivity contribution < 1.29 is 13.9 Å². The fourth-order valence-electron chi connectivity index (χ4n) is 2.45. The Morgan fingerprint density at radius 1 is 1.53 bits per heavy atom. The number of ether oxygens (including phenoxy) is 1. The van der Waals surface area contributed by atoms with E-state index in [-0.39, 0.29) is 22.1 Å². The maximum Gasteiger partial charge on any atom is 0.255 e. The van der Waals surface area contributed by atoms with Crippen molar-refractivity contribution >= 4 is 21.8 Å². The first kappa shape index (κ1) is 14.5. The van der Waals surface area contributed by atoms with Gasteiger partial charge in [-0.05, 0) is 48.8 Å². The summed E-state index contributed by atoms with van der Waals surface area (Å²) in [7, 11) is 0. The summed E-state index contributed by atoms with van der Waals surface area (Å²) in [5, 5.41) is 0. The molecule has 0 N–H and O–H groups in total. The summed E-state index contributed by atoms with van der Waals surface area (Å²) in [5.41, 5.74) is -0.0301. The number of nitrogens with zero attached hydrogens (tertiary/aromatic N) is 1. The number of benzene rings is 1. The first-order valence-electron chi connectivity index (χ1n) is 6.21. The highest BCUT2D eigenvalue weighted by molar-refractivity contribution is 9.10. The van der Waals surface area contributed by atoms with Crippen molar-refractivity contribution in [2.75, 3.05) is 13.1 Å². The van der Waals surface area contributed by atoms with Crippen LogP contribution in [0.5, 0.6) is 0 Å². The lowest BCUT2D eigenvalue weighted by molar-refractivity contribution is -0.118. The minimum atomic E-state index is -0.425. The minimum absolute atomic E-state index is 0.0277. The standard InChI is InChI=1S/C14H17BrFNO2/c1-9-7-17(8-14(2,3)19-9)13(18)10-5-4-6-11(16)12(10)15/h4-6,9H,7-8H2,1-3H3. The molecule has 1 unspecified atom stereocenters. The molecule has 0 bridgehead atoms. The number of hydrogen-bond acceptors (Lipinski definition) is 2. The van der Waals surface area contributed by atoms with Crippen molar-refractivity contribution in [2.45, 2.75) is 32.5 Å². The molecule has 0 aliphatic carbocycles. The van der Waals surface area contributed by atoms with E-state index >= 15 is 0 Å². The normalized spacial score (nSPS) is 22.4. The molecule has 1 aromatic rings. The number of carbonyl (C=O) groups excluding carboxylic acids is 1. The van der Waals surface area contributed by atoms with Gasteiger partial charge in [-0.15, -0.1) is 0 Å². The predicted molar refractivity (Wildman–Crippen MR) is 74.6 cm³/mol. The van der Waals surface area contributed by atoms with Crippen LogP contribution >= 0.6 is 15.9 Å². The van der Waals surface area contributed by atoms with Gasteiger partial charge < -0.3 is 9.64 Å². The maximum atomic E-state index is 13.5. The molecule has 1 aliphatic heterocycles. The molecular formula is C14H17BrFNO2. The van der Waals surface area contributed by atoms with Gasteiger partial charge in [-0.25, -0.2) is 4.39 Å². The Hall–Kier alpha value is -0.940. The molecule has 1 aromatic carbocycles. The summed E-state index contributed by atoms with van der Waals surface area (Å²) in [6.07, 6.45) is -0.0277. The van der Waals surface area contributed by atoms with E-state index in [9.17, 15) is 9.18 Å². The van der Waals surface area contributed by atoms with Crippen molar-refractivity contribution in [1.82, 2.24) is 4.90 Å². The Morgan fingerprint density at radius 3 is 2.84 bits per heavy atom. The zero-order valence-corrected chi connectivity index (χ0v) is 12.8. The average Bonchev–Trinajstić information content (AvgIpc) is 2.29. The molecular weight excluding hydrogens is 313 g/mol. The van der Waals surface area contributed by atoms with Crippen LogP contribution in [0.4, 0.5) is 4.39 Å². The van der Waals surface area contributed by atoms with Crippen molar-refractivity contribution in [3.05, 3.63) is 34.1 Å². The quantitative estimate of drug-likeness (QED) is 0.791. The summed E-state index contributed by atoms with van der Waals surface area (Å²) >= 11 is 3.14. The van der Waals surface area contributed by atoms with Gasteiger partial charge in [0.15, 0.2) is 0 Å². The second kappa shape index (κ2) is 5.21. The van der Waals surface area contributed by atoms with Gasteiger partial charge in [0.05, 0.1) is 21.7 Å². The predicted octanol–water partition coefficient (Wildman–Crippen LogP) is 3.23. The van der Waals surface area contributed by atoms with Gasteiger partial charge in [-0.1, -0.05) is 6.07 Å². The third-order valence-corrected chi connectivity index (χ3v) is 3.84. The molecule has 0 spiro atoms. The number of rotatable bonds is 1. The fourth-order valence-corrected chi connectivity index (χ4v) is 2.88. The van der Waals surface area contributed by atoms with E-state index in [1.54, 1.807) is 17.0 Å². The van der Waals surface area contributed by atoms with Gasteiger partial charge in [0.2, 0.25) is 0 Å². The van der Waals surface area contributed by atoms with Gasteiger partial charge in [-0.2, -0.15) is 0 Å². The highest BCUT2D eigenvalue weighted by atomic mass is 79.9. The van der Waals surface area contributed by atoms with E-state index in [4.69, 9.17) is 4.74 Å². The Balaban J connectivity index is 2.26. The molecule has 2 rings (SSSR count). The van der Waals surface area contributed by atoms with E-state index in [1.807, 2.05) is 20.8 Å². The molecule has 1 fully saturated rings. The molecule has 0 saturated carbocycles. The molecule has 19 heavy (non-hydrogen) atoms. The minimum Gasteiger partial charge on any atom is -0.369 e. The summed E-state index contributed by atoms with van der Waals surface area (Å²) < 4.78 is 19.5. The third kappa shape index (κ3) is 3.15. The monoisotopic (exact) mass is 329 g/mol. The van der Waals surface area contributed by atoms with Crippen molar-refractivity contribution in [3.8, 4) is 0 Å². The lowest BCUT2D eigenvalue weighted by Gasteiger charge is -2.41. The largest absolute Gasteiger partial charge is 0.369 e. The van der Waals surface area contributed by atoms with E-state index in [0.29, 0.717) is 18.7 Å². The molecule has 1 atom stereocenters. The van der Waals surface area contributed by atoms with Crippen molar-refractivity contribution in [1.29, 1.82) is 0 Å². The first-order valence-corrected chi connectivity index (χ1v) is 7.00. The Labute approximate surface area is 120 Å². The van der Waals surface area contributed by atoms with Crippen LogP contribution in [0.25, 0.3) is 0 Å². The van der Waals surface area contributed by atoms with Crippen LogP contribution in [0.1, 0.15) is 31.1 Å². The van der Waals surface area contributed by atoms with Crippen LogP contribution in [0.3, 0.4) is 0 Å². The number of amides is 1. The van der Waals surface area contributed by atoms with Crippen LogP contribution in [0, 0.1) is 5.82 Å². The fraction of sp³-hybridized carbons (Fsp3) is 0.500. The van der Waals surface area contributed by atoms with E-state index < -0.39 is 5.82 Å². The van der Waals surface area contributed by atoms with Crippen LogP contribution in [0.2, 0.25) is 0 Å². The molecule has 1 aliphatic rings. The molecule has 5 heteroatoms. The van der Waals surface area contributed by atoms with Gasteiger partial charge in [-0.3, -0.25) is 4.79 Å². The van der Waals surface area contributed by atoms with Gasteiger partial charge in [0, 0.05) is 13.1 Å². The van der Waals surface area contributed by atoms with Gasteiger partial charge >= 0.3 is 0 Å². The lowest BCUT2D eigenvalue weighted by Crippen LogP contribution is -2.53. The molecule has 1 amide bonds. The summed E-state index contributed by atoms with van der Waals surface area (Å²) in [6.45, 7) is 6.85. The van der Waals surface area contributed by atoms with E-state index in [2.05, 4.69) is 15.9 Å². The molecule has 0 aromatic heterocycles. The van der Waals surface area contributed by atoms with Gasteiger partial charge in [0.1, 0.15) is 5.82 Å². The van der Waals surface area contributed by atoms with Crippen LogP contribution in [-0.2, 0) is 4.74 Å². The third-order valence-electron chi connectivity index (χ3n) is 3.04. The van der Waals surface area contributed by atoms with Crippen LogP contribution in [-0.4, -0.2) is 35.6 Å². The van der Waals surface area contributed by atoms with E-state index in [0.717, 1.165) is 0 Å². The first-order chi connectivity index (χ1) is 8.80. The number of carbonyl (C=O) groups is 1. The summed E-state index contributed by atoms with van der Waals surface area (Å²) in [4.78, 5) is 14.2. The maximum absolute atomic E-state index is 13.5. The Bertz CT molecular complexity index is 504. The van der Waals surface area contributed by atoms with E-state index in [1.165, 1.54) is 6.07 Å². The molecule has 1 heterocycles. The second-order valence-corrected chi connectivity index (χ2v) is 6.27. The van der Waals surface area contributed by atoms with Gasteiger partial charge in [0.25, 0.3) is 5.91 Å². The average molecular weight is 330 g/mol. The second-order valence-electron chi connectivity index (χ2n) is 5.48. The Morgan fingerprint density at radius 2 is 2.21 bits per heavy atom. The summed E-state index contributed by atoms with van der Waals surface area (Å²) in [6, 6.07) is 4.50. The van der Waals surface area contributed by atoms with Crippen molar-refractivity contribution in [3.63, 3.8) is 0 Å². The highest BCUT2D eigenvalue weighted by Crippen LogP contribution is 2.26. The topological polar surface area (TPSA) is 29.5 Å². The zero-order valence-electron chi connectivity index (χ0n) is 11.2. The summed E-state index contributed by atoms with van der Waals surface area (Å²) in [5.74, 6) is -0.596. The van der Waals surface area contributed by atoms with Crippen LogP contribution < -0.4 is 0 Å². The molecule has 3 nitrogen and oxygen atoms in total. The Kier molecular flexibility index (Phi) is 3.97. The highest BCUT2D eigenvalue weighted by Gasteiger charge is 2.34. The molecule has 0 radical (unpaired) electrons. The lowest BCUT2D eigenvalue weighted by atomic mass is 10.0. The molecule has 104 valence electrons. The SMILES string of the molecule is CC1CN(C(=O)c2cccc(F)c2Br)CC(C)(C)O1. The number of halogens is 2. The van der Waals surface area contributed by atoms with Crippen LogP contribution in [0.15, 0.2) is 22.7 Å². The number of hydrogen-bond donors (Lipinski definition) is 0. The van der Waals surface area contributed by atoms with Crippen molar-refractivity contribution in [2.24, 2.45) is 0 Å². The smallest absolute Gasteiger partial charge is 0.255 e. The molecule has 1 saturated heterocycles.